The molecule has 0 aliphatic carbocycles. The number of aryl methyl sites for hydroxylation is 1. The maximum atomic E-state index is 5.89. The molecule has 0 aliphatic heterocycles. The molecule has 0 saturated heterocycles. The summed E-state index contributed by atoms with van der Waals surface area (Å²) >= 11 is 10.5. The van der Waals surface area contributed by atoms with Gasteiger partial charge in [0.2, 0.25) is 5.28 Å². The highest BCUT2D eigenvalue weighted by molar-refractivity contribution is 8.01. The van der Waals surface area contributed by atoms with Crippen molar-refractivity contribution in [2.75, 3.05) is 0 Å². The van der Waals surface area contributed by atoms with E-state index in [1.807, 2.05) is 18.4 Å². The maximum Gasteiger partial charge on any atom is 0.224 e. The molecule has 17 heavy (non-hydrogen) atoms. The predicted molar refractivity (Wildman–Crippen MR) is 71.2 cm³/mol. The number of thiophene rings is 1. The summed E-state index contributed by atoms with van der Waals surface area (Å²) in [6.45, 7) is 1.93. The number of nitrogens with zero attached hydrogens (tertiary/aromatic N) is 4. The fraction of sp³-hybridized carbons (Fsp3) is 0.111. The molecule has 3 aromatic rings. The minimum atomic E-state index is 0.267. The second-order valence-electron chi connectivity index (χ2n) is 3.13. The van der Waals surface area contributed by atoms with Gasteiger partial charge in [0.25, 0.3) is 0 Å². The zero-order chi connectivity index (χ0) is 11.8. The van der Waals surface area contributed by atoms with Gasteiger partial charge in [-0.1, -0.05) is 11.3 Å². The predicted octanol–water partition coefficient (Wildman–Crippen LogP) is 3.66. The quantitative estimate of drug-likeness (QED) is 0.534. The minimum absolute atomic E-state index is 0.267. The summed E-state index contributed by atoms with van der Waals surface area (Å²) in [5.74, 6) is 0. The van der Waals surface area contributed by atoms with Gasteiger partial charge in [0.15, 0.2) is 4.34 Å². The van der Waals surface area contributed by atoms with E-state index in [1.165, 1.54) is 11.8 Å². The number of rotatable bonds is 2. The van der Waals surface area contributed by atoms with Crippen molar-refractivity contribution in [1.29, 1.82) is 0 Å². The third-order valence-electron chi connectivity index (χ3n) is 1.95. The van der Waals surface area contributed by atoms with Crippen LogP contribution in [0.15, 0.2) is 20.8 Å². The SMILES string of the molecule is Cc1nnc(Sc2nc(Cl)nc3sccc23)s1. The zero-order valence-electron chi connectivity index (χ0n) is 8.55. The van der Waals surface area contributed by atoms with Crippen molar-refractivity contribution in [2.45, 2.75) is 16.3 Å². The lowest BCUT2D eigenvalue weighted by Crippen LogP contribution is -1.86. The Bertz CT molecular complexity index is 678. The van der Waals surface area contributed by atoms with Crippen molar-refractivity contribution in [3.63, 3.8) is 0 Å². The Morgan fingerprint density at radius 3 is 2.94 bits per heavy atom. The first-order chi connectivity index (χ1) is 8.22. The third-order valence-corrected chi connectivity index (χ3v) is 4.82. The van der Waals surface area contributed by atoms with E-state index in [2.05, 4.69) is 20.2 Å². The van der Waals surface area contributed by atoms with Crippen LogP contribution in [0.25, 0.3) is 10.2 Å². The fourth-order valence-electron chi connectivity index (χ4n) is 1.28. The van der Waals surface area contributed by atoms with Gasteiger partial charge in [0.05, 0.1) is 0 Å². The lowest BCUT2D eigenvalue weighted by molar-refractivity contribution is 0.981. The van der Waals surface area contributed by atoms with Gasteiger partial charge in [-0.3, -0.25) is 0 Å². The van der Waals surface area contributed by atoms with E-state index in [1.54, 1.807) is 22.7 Å². The molecule has 0 atom stereocenters. The average Bonchev–Trinajstić information content (AvgIpc) is 2.87. The Morgan fingerprint density at radius 2 is 2.18 bits per heavy atom. The van der Waals surface area contributed by atoms with Crippen LogP contribution >= 0.6 is 46.0 Å². The summed E-state index contributed by atoms with van der Waals surface area (Å²) in [6, 6.07) is 1.99. The Morgan fingerprint density at radius 1 is 1.29 bits per heavy atom. The van der Waals surface area contributed by atoms with E-state index < -0.39 is 0 Å². The topological polar surface area (TPSA) is 51.6 Å². The molecule has 0 unspecified atom stereocenters. The van der Waals surface area contributed by atoms with Crippen molar-refractivity contribution < 1.29 is 0 Å². The van der Waals surface area contributed by atoms with Gasteiger partial charge < -0.3 is 0 Å². The smallest absolute Gasteiger partial charge is 0.210 e. The number of hydrogen-bond donors (Lipinski definition) is 0. The molecule has 3 heterocycles. The molecule has 8 heteroatoms. The van der Waals surface area contributed by atoms with Crippen molar-refractivity contribution >= 4 is 56.3 Å². The average molecular weight is 301 g/mol. The number of fused-ring (bicyclic) bond motifs is 1. The highest BCUT2D eigenvalue weighted by Gasteiger charge is 2.11. The van der Waals surface area contributed by atoms with Crippen molar-refractivity contribution in [1.82, 2.24) is 20.2 Å². The Hall–Kier alpha value is -0.760. The summed E-state index contributed by atoms with van der Waals surface area (Å²) in [5.41, 5.74) is 0. The number of hydrogen-bond acceptors (Lipinski definition) is 7. The van der Waals surface area contributed by atoms with Crippen LogP contribution in [-0.2, 0) is 0 Å². The summed E-state index contributed by atoms with van der Waals surface area (Å²) in [5, 5.41) is 13.1. The lowest BCUT2D eigenvalue weighted by Gasteiger charge is -1.98. The van der Waals surface area contributed by atoms with E-state index in [0.29, 0.717) is 0 Å². The third kappa shape index (κ3) is 2.28. The molecule has 3 aromatic heterocycles. The van der Waals surface area contributed by atoms with Crippen LogP contribution in [0.4, 0.5) is 0 Å². The molecule has 0 N–H and O–H groups in total. The molecule has 3 rings (SSSR count). The summed E-state index contributed by atoms with van der Waals surface area (Å²) in [7, 11) is 0. The Labute approximate surface area is 114 Å². The van der Waals surface area contributed by atoms with Crippen molar-refractivity contribution in [3.05, 3.63) is 21.7 Å². The molecule has 0 aliphatic rings. The molecule has 86 valence electrons. The highest BCUT2D eigenvalue weighted by Crippen LogP contribution is 2.35. The van der Waals surface area contributed by atoms with E-state index in [9.17, 15) is 0 Å². The van der Waals surface area contributed by atoms with Gasteiger partial charge in [-0.2, -0.15) is 0 Å². The maximum absolute atomic E-state index is 5.89. The van der Waals surface area contributed by atoms with Gasteiger partial charge in [-0.25, -0.2) is 9.97 Å². The number of aromatic nitrogens is 4. The normalized spacial score (nSPS) is 11.2. The van der Waals surface area contributed by atoms with E-state index in [0.717, 1.165) is 24.6 Å². The minimum Gasteiger partial charge on any atom is -0.210 e. The second-order valence-corrected chi connectivity index (χ2v) is 6.78. The van der Waals surface area contributed by atoms with Crippen LogP contribution in [0.1, 0.15) is 5.01 Å². The summed E-state index contributed by atoms with van der Waals surface area (Å²) in [4.78, 5) is 9.31. The Kier molecular flexibility index (Phi) is 2.99. The van der Waals surface area contributed by atoms with Crippen LogP contribution in [0.2, 0.25) is 5.28 Å². The van der Waals surface area contributed by atoms with Crippen LogP contribution in [-0.4, -0.2) is 20.2 Å². The van der Waals surface area contributed by atoms with Gasteiger partial charge in [0.1, 0.15) is 14.9 Å². The molecule has 0 spiro atoms. The molecule has 0 saturated carbocycles. The van der Waals surface area contributed by atoms with Crippen LogP contribution in [0.5, 0.6) is 0 Å². The van der Waals surface area contributed by atoms with Gasteiger partial charge in [0, 0.05) is 5.39 Å². The second kappa shape index (κ2) is 4.49. The van der Waals surface area contributed by atoms with Crippen LogP contribution in [0.3, 0.4) is 0 Å². The van der Waals surface area contributed by atoms with Gasteiger partial charge >= 0.3 is 0 Å². The molecule has 0 radical (unpaired) electrons. The summed E-state index contributed by atoms with van der Waals surface area (Å²) < 4.78 is 0.866. The molecule has 0 aromatic carbocycles. The van der Waals surface area contributed by atoms with Gasteiger partial charge in [-0.05, 0) is 41.7 Å². The van der Waals surface area contributed by atoms with Crippen LogP contribution in [0, 0.1) is 6.92 Å². The molecule has 4 nitrogen and oxygen atoms in total. The van der Waals surface area contributed by atoms with E-state index in [-0.39, 0.29) is 5.28 Å². The molecule has 0 amide bonds. The fourth-order valence-corrected chi connectivity index (χ4v) is 4.22. The molecule has 0 fully saturated rings. The first kappa shape index (κ1) is 11.3. The molecular formula is C9H5ClN4S3. The monoisotopic (exact) mass is 300 g/mol. The van der Waals surface area contributed by atoms with Crippen molar-refractivity contribution in [2.24, 2.45) is 0 Å². The zero-order valence-corrected chi connectivity index (χ0v) is 11.8. The summed E-state index contributed by atoms with van der Waals surface area (Å²) in [6.07, 6.45) is 0. The highest BCUT2D eigenvalue weighted by atomic mass is 35.5. The first-order valence-electron chi connectivity index (χ1n) is 4.61. The van der Waals surface area contributed by atoms with E-state index >= 15 is 0 Å². The molecular weight excluding hydrogens is 296 g/mol. The van der Waals surface area contributed by atoms with Crippen LogP contribution < -0.4 is 0 Å². The first-order valence-corrected chi connectivity index (χ1v) is 7.50. The van der Waals surface area contributed by atoms with Gasteiger partial charge in [-0.15, -0.1) is 21.5 Å². The standard InChI is InChI=1S/C9H5ClN4S3/c1-4-13-14-9(16-4)17-7-5-2-3-15-6(5)11-8(10)12-7/h2-3H,1H3. The number of halogens is 1. The Balaban J connectivity index is 2.07. The van der Waals surface area contributed by atoms with E-state index in [4.69, 9.17) is 11.6 Å². The lowest BCUT2D eigenvalue weighted by atomic mass is 10.4. The molecule has 0 bridgehead atoms. The largest absolute Gasteiger partial charge is 0.224 e. The van der Waals surface area contributed by atoms with Crippen molar-refractivity contribution in [3.8, 4) is 0 Å².